The Labute approximate surface area is 140 Å². The molecule has 0 bridgehead atoms. The molecular formula is C18H19ClN2S. The SMILES string of the molecule is CN1CCC2Nc3c(Sc4ccc(Cl)cc4)cccc3C2C1. The molecule has 1 N–H and O–H groups in total. The Balaban J connectivity index is 1.65. The number of benzene rings is 2. The number of hydrogen-bond acceptors (Lipinski definition) is 3. The van der Waals surface area contributed by atoms with E-state index in [-0.39, 0.29) is 0 Å². The molecular weight excluding hydrogens is 312 g/mol. The van der Waals surface area contributed by atoms with Crippen LogP contribution >= 0.6 is 23.4 Å². The average molecular weight is 331 g/mol. The fourth-order valence-corrected chi connectivity index (χ4v) is 4.59. The largest absolute Gasteiger partial charge is 0.380 e. The summed E-state index contributed by atoms with van der Waals surface area (Å²) in [7, 11) is 2.22. The Hall–Kier alpha value is -1.16. The standard InChI is InChI=1S/C18H19ClN2S/c1-21-10-9-16-15(11-21)14-3-2-4-17(18(14)20-16)22-13-7-5-12(19)6-8-13/h2-8,15-16,20H,9-11H2,1H3. The van der Waals surface area contributed by atoms with Crippen LogP contribution in [0.1, 0.15) is 17.9 Å². The second-order valence-corrected chi connectivity index (χ2v) is 7.74. The lowest BCUT2D eigenvalue weighted by Crippen LogP contribution is -2.39. The Morgan fingerprint density at radius 1 is 1.18 bits per heavy atom. The molecule has 2 aromatic rings. The third-order valence-corrected chi connectivity index (χ3v) is 5.96. The molecule has 0 aliphatic carbocycles. The molecule has 2 aliphatic heterocycles. The highest BCUT2D eigenvalue weighted by molar-refractivity contribution is 7.99. The second-order valence-electron chi connectivity index (χ2n) is 6.18. The van der Waals surface area contributed by atoms with Crippen LogP contribution in [-0.4, -0.2) is 31.1 Å². The Bertz CT molecular complexity index is 686. The van der Waals surface area contributed by atoms with Crippen molar-refractivity contribution in [3.63, 3.8) is 0 Å². The van der Waals surface area contributed by atoms with Crippen LogP contribution in [0.25, 0.3) is 0 Å². The van der Waals surface area contributed by atoms with Crippen molar-refractivity contribution in [1.82, 2.24) is 4.90 Å². The molecule has 2 nitrogen and oxygen atoms in total. The quantitative estimate of drug-likeness (QED) is 0.859. The monoisotopic (exact) mass is 330 g/mol. The van der Waals surface area contributed by atoms with E-state index in [0.717, 1.165) is 11.6 Å². The second kappa shape index (κ2) is 5.80. The molecule has 0 saturated carbocycles. The summed E-state index contributed by atoms with van der Waals surface area (Å²) in [6.45, 7) is 2.33. The van der Waals surface area contributed by atoms with Crippen LogP contribution in [0.2, 0.25) is 5.02 Å². The number of halogens is 1. The molecule has 2 heterocycles. The zero-order chi connectivity index (χ0) is 15.1. The summed E-state index contributed by atoms with van der Waals surface area (Å²) < 4.78 is 0. The molecule has 2 unspecified atom stereocenters. The molecule has 0 aromatic heterocycles. The van der Waals surface area contributed by atoms with Crippen LogP contribution in [0.3, 0.4) is 0 Å². The van der Waals surface area contributed by atoms with Gasteiger partial charge in [-0.25, -0.2) is 0 Å². The van der Waals surface area contributed by atoms with E-state index in [0.29, 0.717) is 12.0 Å². The summed E-state index contributed by atoms with van der Waals surface area (Å²) in [5.74, 6) is 0.625. The fraction of sp³-hybridized carbons (Fsp3) is 0.333. The van der Waals surface area contributed by atoms with Gasteiger partial charge in [0.25, 0.3) is 0 Å². The number of piperidine rings is 1. The summed E-state index contributed by atoms with van der Waals surface area (Å²) in [5, 5.41) is 4.57. The number of likely N-dealkylation sites (N-methyl/N-ethyl adjacent to an activating group) is 1. The predicted molar refractivity (Wildman–Crippen MR) is 94.3 cm³/mol. The molecule has 0 amide bonds. The number of hydrogen-bond donors (Lipinski definition) is 1. The lowest BCUT2D eigenvalue weighted by Gasteiger charge is -2.32. The third kappa shape index (κ3) is 2.62. The van der Waals surface area contributed by atoms with Gasteiger partial charge >= 0.3 is 0 Å². The molecule has 2 aromatic carbocycles. The van der Waals surface area contributed by atoms with Crippen molar-refractivity contribution in [3.8, 4) is 0 Å². The number of likely N-dealkylation sites (tertiary alicyclic amines) is 1. The predicted octanol–water partition coefficient (Wildman–Crippen LogP) is 4.70. The molecule has 0 radical (unpaired) electrons. The highest BCUT2D eigenvalue weighted by Crippen LogP contribution is 2.46. The normalized spacial score (nSPS) is 23.7. The summed E-state index contributed by atoms with van der Waals surface area (Å²) >= 11 is 7.79. The van der Waals surface area contributed by atoms with Crippen LogP contribution in [0.4, 0.5) is 5.69 Å². The maximum atomic E-state index is 5.98. The Morgan fingerprint density at radius 2 is 2.00 bits per heavy atom. The molecule has 1 fully saturated rings. The van der Waals surface area contributed by atoms with E-state index < -0.39 is 0 Å². The third-order valence-electron chi connectivity index (χ3n) is 4.65. The summed E-state index contributed by atoms with van der Waals surface area (Å²) in [6, 6.07) is 15.4. The van der Waals surface area contributed by atoms with E-state index in [9.17, 15) is 0 Å². The van der Waals surface area contributed by atoms with Crippen LogP contribution in [0, 0.1) is 0 Å². The number of rotatable bonds is 2. The van der Waals surface area contributed by atoms with Crippen molar-refractivity contribution in [3.05, 3.63) is 53.1 Å². The van der Waals surface area contributed by atoms with Gasteiger partial charge in [0.15, 0.2) is 0 Å². The lowest BCUT2D eigenvalue weighted by molar-refractivity contribution is 0.243. The van der Waals surface area contributed by atoms with E-state index in [4.69, 9.17) is 11.6 Å². The molecule has 0 spiro atoms. The molecule has 1 saturated heterocycles. The van der Waals surface area contributed by atoms with E-state index >= 15 is 0 Å². The maximum absolute atomic E-state index is 5.98. The average Bonchev–Trinajstić information content (AvgIpc) is 2.89. The zero-order valence-electron chi connectivity index (χ0n) is 12.6. The number of anilines is 1. The van der Waals surface area contributed by atoms with Crippen LogP contribution in [0.5, 0.6) is 0 Å². The molecule has 4 rings (SSSR count). The van der Waals surface area contributed by atoms with Gasteiger partial charge in [-0.1, -0.05) is 35.5 Å². The van der Waals surface area contributed by atoms with Crippen molar-refractivity contribution in [2.75, 3.05) is 25.5 Å². The van der Waals surface area contributed by atoms with Crippen molar-refractivity contribution in [2.24, 2.45) is 0 Å². The smallest absolute Gasteiger partial charge is 0.0521 e. The number of nitrogens with one attached hydrogen (secondary N) is 1. The highest BCUT2D eigenvalue weighted by Gasteiger charge is 2.36. The van der Waals surface area contributed by atoms with Gasteiger partial charge in [0.05, 0.1) is 5.69 Å². The van der Waals surface area contributed by atoms with E-state index in [1.165, 1.54) is 34.0 Å². The van der Waals surface area contributed by atoms with Gasteiger partial charge in [0, 0.05) is 33.3 Å². The van der Waals surface area contributed by atoms with Gasteiger partial charge in [-0.2, -0.15) is 0 Å². The summed E-state index contributed by atoms with van der Waals surface area (Å²) in [4.78, 5) is 4.99. The number of fused-ring (bicyclic) bond motifs is 3. The van der Waals surface area contributed by atoms with Crippen LogP contribution in [0.15, 0.2) is 52.3 Å². The van der Waals surface area contributed by atoms with Gasteiger partial charge in [-0.3, -0.25) is 0 Å². The summed E-state index contributed by atoms with van der Waals surface area (Å²) in [6.07, 6.45) is 1.22. The first kappa shape index (κ1) is 14.4. The summed E-state index contributed by atoms with van der Waals surface area (Å²) in [5.41, 5.74) is 2.82. The minimum absolute atomic E-state index is 0.596. The lowest BCUT2D eigenvalue weighted by atomic mass is 9.90. The number of para-hydroxylation sites is 1. The minimum Gasteiger partial charge on any atom is -0.380 e. The zero-order valence-corrected chi connectivity index (χ0v) is 14.1. The molecule has 2 atom stereocenters. The minimum atomic E-state index is 0.596. The van der Waals surface area contributed by atoms with E-state index in [2.05, 4.69) is 47.6 Å². The van der Waals surface area contributed by atoms with E-state index in [1.54, 1.807) is 0 Å². The molecule has 114 valence electrons. The Morgan fingerprint density at radius 3 is 2.82 bits per heavy atom. The van der Waals surface area contributed by atoms with Crippen LogP contribution in [-0.2, 0) is 0 Å². The van der Waals surface area contributed by atoms with Crippen molar-refractivity contribution in [2.45, 2.75) is 28.2 Å². The van der Waals surface area contributed by atoms with Gasteiger partial charge in [-0.05, 0) is 55.9 Å². The maximum Gasteiger partial charge on any atom is 0.0521 e. The van der Waals surface area contributed by atoms with Crippen molar-refractivity contribution >= 4 is 29.1 Å². The topological polar surface area (TPSA) is 15.3 Å². The molecule has 4 heteroatoms. The van der Waals surface area contributed by atoms with Gasteiger partial charge in [-0.15, -0.1) is 0 Å². The molecule has 2 aliphatic rings. The first-order chi connectivity index (χ1) is 10.7. The van der Waals surface area contributed by atoms with Gasteiger partial charge in [0.2, 0.25) is 0 Å². The highest BCUT2D eigenvalue weighted by atomic mass is 35.5. The number of nitrogens with zero attached hydrogens (tertiary/aromatic N) is 1. The fourth-order valence-electron chi connectivity index (χ4n) is 3.51. The Kier molecular flexibility index (Phi) is 3.81. The first-order valence-corrected chi connectivity index (χ1v) is 8.91. The first-order valence-electron chi connectivity index (χ1n) is 7.72. The van der Waals surface area contributed by atoms with Crippen molar-refractivity contribution < 1.29 is 0 Å². The molecule has 22 heavy (non-hydrogen) atoms. The van der Waals surface area contributed by atoms with E-state index in [1.807, 2.05) is 23.9 Å². The van der Waals surface area contributed by atoms with Gasteiger partial charge < -0.3 is 10.2 Å². The van der Waals surface area contributed by atoms with Crippen molar-refractivity contribution in [1.29, 1.82) is 0 Å². The van der Waals surface area contributed by atoms with Crippen LogP contribution < -0.4 is 5.32 Å². The van der Waals surface area contributed by atoms with Gasteiger partial charge in [0.1, 0.15) is 0 Å².